The van der Waals surface area contributed by atoms with Crippen molar-refractivity contribution in [3.63, 3.8) is 0 Å². The van der Waals surface area contributed by atoms with Gasteiger partial charge in [0, 0.05) is 15.7 Å². The Bertz CT molecular complexity index is 1120. The van der Waals surface area contributed by atoms with Crippen molar-refractivity contribution >= 4 is 60.1 Å². The first-order valence-electron chi connectivity index (χ1n) is 7.91. The van der Waals surface area contributed by atoms with E-state index in [2.05, 4.69) is 31.5 Å². The van der Waals surface area contributed by atoms with Crippen molar-refractivity contribution in [2.75, 3.05) is 10.6 Å². The van der Waals surface area contributed by atoms with Crippen molar-refractivity contribution in [3.05, 3.63) is 76.7 Å². The Hall–Kier alpha value is -2.97. The summed E-state index contributed by atoms with van der Waals surface area (Å²) in [5.41, 5.74) is 1.95. The van der Waals surface area contributed by atoms with Crippen LogP contribution < -0.4 is 10.6 Å². The van der Waals surface area contributed by atoms with Crippen LogP contribution in [0.4, 0.5) is 10.8 Å². The fourth-order valence-corrected chi connectivity index (χ4v) is 3.59. The number of hydrogen-bond donors (Lipinski definition) is 2. The maximum Gasteiger partial charge on any atom is 0.293 e. The number of halogens is 1. The van der Waals surface area contributed by atoms with E-state index in [0.29, 0.717) is 16.4 Å². The number of aromatic nitrogens is 1. The molecule has 0 saturated heterocycles. The standard InChI is InChI=1S/C19H12BrN3O3S/c20-12-5-3-11(4-6-12)17(24)21-13-7-8-14-16(10-13)27-19(22-14)23-18(25)15-2-1-9-26-15/h1-10H,(H,21,24)(H,22,23,25). The molecule has 2 aromatic heterocycles. The molecular weight excluding hydrogens is 430 g/mol. The second-order valence-corrected chi connectivity index (χ2v) is 7.54. The molecule has 0 atom stereocenters. The van der Waals surface area contributed by atoms with Gasteiger partial charge in [-0.15, -0.1) is 0 Å². The summed E-state index contributed by atoms with van der Waals surface area (Å²) >= 11 is 4.67. The Balaban J connectivity index is 1.51. The second-order valence-electron chi connectivity index (χ2n) is 5.59. The summed E-state index contributed by atoms with van der Waals surface area (Å²) in [7, 11) is 0. The van der Waals surface area contributed by atoms with Crippen LogP contribution in [0.3, 0.4) is 0 Å². The molecule has 0 aliphatic heterocycles. The number of furan rings is 1. The van der Waals surface area contributed by atoms with Gasteiger partial charge in [0.2, 0.25) is 0 Å². The van der Waals surface area contributed by atoms with Crippen molar-refractivity contribution in [1.29, 1.82) is 0 Å². The topological polar surface area (TPSA) is 84.2 Å². The number of carbonyl (C=O) groups excluding carboxylic acids is 2. The van der Waals surface area contributed by atoms with Gasteiger partial charge in [0.05, 0.1) is 16.5 Å². The predicted octanol–water partition coefficient (Wildman–Crippen LogP) is 5.16. The number of rotatable bonds is 4. The Kier molecular flexibility index (Phi) is 4.74. The van der Waals surface area contributed by atoms with E-state index in [0.717, 1.165) is 14.7 Å². The number of amides is 2. The van der Waals surface area contributed by atoms with E-state index in [1.165, 1.54) is 17.6 Å². The number of fused-ring (bicyclic) bond motifs is 1. The number of thiazole rings is 1. The van der Waals surface area contributed by atoms with Crippen molar-refractivity contribution in [1.82, 2.24) is 4.98 Å². The summed E-state index contributed by atoms with van der Waals surface area (Å²) in [5.74, 6) is -0.336. The molecule has 8 heteroatoms. The van der Waals surface area contributed by atoms with Gasteiger partial charge >= 0.3 is 0 Å². The second kappa shape index (κ2) is 7.34. The fourth-order valence-electron chi connectivity index (χ4n) is 2.43. The molecule has 134 valence electrons. The number of nitrogens with zero attached hydrogens (tertiary/aromatic N) is 1. The molecule has 4 rings (SSSR count). The highest BCUT2D eigenvalue weighted by atomic mass is 79.9. The van der Waals surface area contributed by atoms with Crippen LogP contribution in [-0.4, -0.2) is 16.8 Å². The van der Waals surface area contributed by atoms with E-state index in [1.807, 2.05) is 18.2 Å². The lowest BCUT2D eigenvalue weighted by molar-refractivity contribution is 0.0994. The maximum atomic E-state index is 12.3. The van der Waals surface area contributed by atoms with Gasteiger partial charge < -0.3 is 9.73 Å². The summed E-state index contributed by atoms with van der Waals surface area (Å²) in [5, 5.41) is 6.03. The fraction of sp³-hybridized carbons (Fsp3) is 0. The molecule has 27 heavy (non-hydrogen) atoms. The van der Waals surface area contributed by atoms with E-state index in [1.54, 1.807) is 36.4 Å². The van der Waals surface area contributed by atoms with Gasteiger partial charge in [-0.05, 0) is 54.6 Å². The molecule has 0 spiro atoms. The lowest BCUT2D eigenvalue weighted by Gasteiger charge is -2.05. The molecule has 4 aromatic rings. The summed E-state index contributed by atoms with van der Waals surface area (Å²) in [6.07, 6.45) is 1.44. The quantitative estimate of drug-likeness (QED) is 0.458. The molecule has 6 nitrogen and oxygen atoms in total. The van der Waals surface area contributed by atoms with Gasteiger partial charge in [-0.2, -0.15) is 0 Å². The van der Waals surface area contributed by atoms with Crippen LogP contribution in [-0.2, 0) is 0 Å². The summed E-state index contributed by atoms with van der Waals surface area (Å²) < 4.78 is 6.83. The third-order valence-corrected chi connectivity index (χ3v) is 5.18. The number of nitrogens with one attached hydrogen (secondary N) is 2. The largest absolute Gasteiger partial charge is 0.459 e. The molecule has 0 aliphatic carbocycles. The zero-order valence-corrected chi connectivity index (χ0v) is 16.1. The minimum absolute atomic E-state index is 0.197. The van der Waals surface area contributed by atoms with Gasteiger partial charge in [0.25, 0.3) is 11.8 Å². The van der Waals surface area contributed by atoms with Crippen LogP contribution in [0.1, 0.15) is 20.9 Å². The van der Waals surface area contributed by atoms with Crippen LogP contribution in [0.5, 0.6) is 0 Å². The first-order valence-corrected chi connectivity index (χ1v) is 9.52. The zero-order valence-electron chi connectivity index (χ0n) is 13.7. The lowest BCUT2D eigenvalue weighted by Crippen LogP contribution is -2.11. The van der Waals surface area contributed by atoms with E-state index >= 15 is 0 Å². The highest BCUT2D eigenvalue weighted by molar-refractivity contribution is 9.10. The smallest absolute Gasteiger partial charge is 0.293 e. The van der Waals surface area contributed by atoms with E-state index in [4.69, 9.17) is 4.42 Å². The first kappa shape index (κ1) is 17.4. The maximum absolute atomic E-state index is 12.3. The van der Waals surface area contributed by atoms with Gasteiger partial charge in [-0.25, -0.2) is 4.98 Å². The van der Waals surface area contributed by atoms with Crippen molar-refractivity contribution in [2.24, 2.45) is 0 Å². The third-order valence-electron chi connectivity index (χ3n) is 3.72. The molecule has 0 bridgehead atoms. The Labute approximate surface area is 166 Å². The molecule has 0 radical (unpaired) electrons. The molecular formula is C19H12BrN3O3S. The van der Waals surface area contributed by atoms with Crippen molar-refractivity contribution in [2.45, 2.75) is 0 Å². The monoisotopic (exact) mass is 441 g/mol. The Morgan fingerprint density at radius 1 is 1.00 bits per heavy atom. The summed E-state index contributed by atoms with van der Waals surface area (Å²) in [4.78, 5) is 28.8. The molecule has 0 fully saturated rings. The minimum Gasteiger partial charge on any atom is -0.459 e. The van der Waals surface area contributed by atoms with Crippen molar-refractivity contribution < 1.29 is 14.0 Å². The Morgan fingerprint density at radius 2 is 1.81 bits per heavy atom. The van der Waals surface area contributed by atoms with Gasteiger partial charge in [-0.3, -0.25) is 14.9 Å². The summed E-state index contributed by atoms with van der Waals surface area (Å²) in [6.45, 7) is 0. The number of hydrogen-bond acceptors (Lipinski definition) is 5. The SMILES string of the molecule is O=C(Nc1ccc2nc(NC(=O)c3ccco3)sc2c1)c1ccc(Br)cc1. The van der Waals surface area contributed by atoms with E-state index in [9.17, 15) is 9.59 Å². The number of benzene rings is 2. The average molecular weight is 442 g/mol. The van der Waals surface area contributed by atoms with E-state index in [-0.39, 0.29) is 17.6 Å². The van der Waals surface area contributed by atoms with Crippen LogP contribution in [0.25, 0.3) is 10.2 Å². The number of carbonyl (C=O) groups is 2. The third kappa shape index (κ3) is 3.91. The highest BCUT2D eigenvalue weighted by Crippen LogP contribution is 2.29. The van der Waals surface area contributed by atoms with E-state index < -0.39 is 0 Å². The molecule has 2 heterocycles. The number of anilines is 2. The van der Waals surface area contributed by atoms with Crippen LogP contribution in [0.15, 0.2) is 69.8 Å². The van der Waals surface area contributed by atoms with Crippen LogP contribution in [0.2, 0.25) is 0 Å². The van der Waals surface area contributed by atoms with Gasteiger partial charge in [0.1, 0.15) is 0 Å². The normalized spacial score (nSPS) is 10.7. The zero-order chi connectivity index (χ0) is 18.8. The van der Waals surface area contributed by atoms with Crippen LogP contribution in [0, 0.1) is 0 Å². The minimum atomic E-state index is -0.358. The molecule has 0 saturated carbocycles. The average Bonchev–Trinajstić information content (AvgIpc) is 3.31. The Morgan fingerprint density at radius 3 is 2.56 bits per heavy atom. The van der Waals surface area contributed by atoms with Crippen molar-refractivity contribution in [3.8, 4) is 0 Å². The summed E-state index contributed by atoms with van der Waals surface area (Å²) in [6, 6.07) is 15.7. The molecule has 2 aromatic carbocycles. The highest BCUT2D eigenvalue weighted by Gasteiger charge is 2.13. The lowest BCUT2D eigenvalue weighted by atomic mass is 10.2. The van der Waals surface area contributed by atoms with Gasteiger partial charge in [0.15, 0.2) is 10.9 Å². The predicted molar refractivity (Wildman–Crippen MR) is 108 cm³/mol. The molecule has 0 aliphatic rings. The first-order chi connectivity index (χ1) is 13.1. The van der Waals surface area contributed by atoms with Gasteiger partial charge in [-0.1, -0.05) is 27.3 Å². The molecule has 0 unspecified atom stereocenters. The van der Waals surface area contributed by atoms with Crippen LogP contribution >= 0.6 is 27.3 Å². The molecule has 2 N–H and O–H groups in total. The molecule has 2 amide bonds.